The molecule has 0 aromatic carbocycles. The van der Waals surface area contributed by atoms with Gasteiger partial charge in [0.1, 0.15) is 11.9 Å². The first-order chi connectivity index (χ1) is 9.38. The molecule has 1 atom stereocenters. The average molecular weight is 291 g/mol. The fourth-order valence-electron chi connectivity index (χ4n) is 1.15. The van der Waals surface area contributed by atoms with Gasteiger partial charge in [0.2, 0.25) is 0 Å². The van der Waals surface area contributed by atoms with Crippen LogP contribution in [0.15, 0.2) is 0 Å². The molecule has 0 fully saturated rings. The van der Waals surface area contributed by atoms with Crippen LogP contribution in [0.25, 0.3) is 0 Å². The van der Waals surface area contributed by atoms with Crippen LogP contribution < -0.4 is 5.73 Å². The molecule has 20 heavy (non-hydrogen) atoms. The van der Waals surface area contributed by atoms with Crippen molar-refractivity contribution in [3.8, 4) is 0 Å². The van der Waals surface area contributed by atoms with Crippen LogP contribution in [0.4, 0.5) is 4.79 Å². The molecule has 118 valence electrons. The summed E-state index contributed by atoms with van der Waals surface area (Å²) in [5.41, 5.74) is 5.33. The second-order valence-electron chi connectivity index (χ2n) is 3.67. The number of carboxylic acid groups (broad SMARTS) is 1. The molecule has 0 aliphatic heterocycles. The highest BCUT2D eigenvalue weighted by molar-refractivity contribution is 5.76. The molecule has 0 heterocycles. The minimum atomic E-state index is -1.04. The Hall–Kier alpha value is -1.83. The van der Waals surface area contributed by atoms with Crippen molar-refractivity contribution < 1.29 is 24.3 Å². The average Bonchev–Trinajstić information content (AvgIpc) is 2.43. The monoisotopic (exact) mass is 291 g/mol. The first-order valence-corrected chi connectivity index (χ1v) is 6.45. The Kier molecular flexibility index (Phi) is 12.5. The number of unbranched alkanes of at least 4 members (excludes halogenated alkanes) is 1. The summed E-state index contributed by atoms with van der Waals surface area (Å²) in [5.74, 6) is -0.983. The number of carbonyl (C=O) groups is 2. The lowest BCUT2D eigenvalue weighted by molar-refractivity contribution is -0.138. The Balaban J connectivity index is 0. The predicted molar refractivity (Wildman–Crippen MR) is 74.4 cm³/mol. The van der Waals surface area contributed by atoms with Gasteiger partial charge < -0.3 is 20.4 Å². The predicted octanol–water partition coefficient (Wildman–Crippen LogP) is 1.59. The number of nitrogens with zero attached hydrogens (tertiary/aromatic N) is 1. The maximum Gasteiger partial charge on any atom is 0.533 e. The highest BCUT2D eigenvalue weighted by atomic mass is 16.8. The number of aliphatic carboxylic acids is 1. The van der Waals surface area contributed by atoms with Crippen LogP contribution >= 0.6 is 0 Å². The SMILES string of the molecule is CC.COC(=O)ON(CCCC[C@H](N)C(=O)O)C(C)=N. The largest absolute Gasteiger partial charge is 0.533 e. The van der Waals surface area contributed by atoms with Crippen LogP contribution in [0.2, 0.25) is 0 Å². The van der Waals surface area contributed by atoms with E-state index >= 15 is 0 Å². The van der Waals surface area contributed by atoms with E-state index in [2.05, 4.69) is 4.74 Å². The zero-order valence-electron chi connectivity index (χ0n) is 12.5. The van der Waals surface area contributed by atoms with Crippen LogP contribution in [0.3, 0.4) is 0 Å². The highest BCUT2D eigenvalue weighted by Gasteiger charge is 2.14. The maximum atomic E-state index is 10.9. The van der Waals surface area contributed by atoms with Crippen LogP contribution in [-0.2, 0) is 14.4 Å². The maximum absolute atomic E-state index is 10.9. The summed E-state index contributed by atoms with van der Waals surface area (Å²) >= 11 is 0. The van der Waals surface area contributed by atoms with E-state index in [4.69, 9.17) is 21.1 Å². The van der Waals surface area contributed by atoms with E-state index in [-0.39, 0.29) is 12.4 Å². The topological polar surface area (TPSA) is 126 Å². The van der Waals surface area contributed by atoms with Crippen molar-refractivity contribution in [1.82, 2.24) is 5.06 Å². The standard InChI is InChI=1S/C10H19N3O5.C2H6/c1-7(11)13(18-10(16)17-2)6-4-3-5-8(12)9(14)15;1-2/h8,11H,3-6,12H2,1-2H3,(H,14,15);1-2H3/t8-;/m0./s1. The molecule has 8 heteroatoms. The van der Waals surface area contributed by atoms with Crippen molar-refractivity contribution in [1.29, 1.82) is 5.41 Å². The number of amidine groups is 1. The molecule has 0 saturated carbocycles. The Morgan fingerprint density at radius 2 is 1.90 bits per heavy atom. The molecule has 0 aliphatic carbocycles. The first-order valence-electron chi connectivity index (χ1n) is 6.45. The number of methoxy groups -OCH3 is 1. The normalized spacial score (nSPS) is 10.7. The molecule has 0 aliphatic rings. The van der Waals surface area contributed by atoms with Crippen molar-refractivity contribution >= 4 is 18.0 Å². The zero-order valence-corrected chi connectivity index (χ0v) is 12.5. The van der Waals surface area contributed by atoms with Crippen LogP contribution in [0, 0.1) is 5.41 Å². The van der Waals surface area contributed by atoms with Crippen molar-refractivity contribution in [3.63, 3.8) is 0 Å². The molecule has 0 amide bonds. The highest BCUT2D eigenvalue weighted by Crippen LogP contribution is 2.03. The molecule has 4 N–H and O–H groups in total. The van der Waals surface area contributed by atoms with E-state index in [1.54, 1.807) is 0 Å². The van der Waals surface area contributed by atoms with Gasteiger partial charge in [-0.3, -0.25) is 10.2 Å². The van der Waals surface area contributed by atoms with Gasteiger partial charge in [0.05, 0.1) is 13.7 Å². The van der Waals surface area contributed by atoms with Gasteiger partial charge in [-0.05, 0) is 26.2 Å². The third-order valence-electron chi connectivity index (χ3n) is 2.17. The number of hydroxylamine groups is 2. The van der Waals surface area contributed by atoms with Crippen LogP contribution in [-0.4, -0.2) is 47.8 Å². The second-order valence-corrected chi connectivity index (χ2v) is 3.67. The van der Waals surface area contributed by atoms with Gasteiger partial charge in [-0.25, -0.2) is 4.79 Å². The van der Waals surface area contributed by atoms with E-state index in [1.807, 2.05) is 13.8 Å². The molecule has 0 aromatic rings. The molecule has 0 radical (unpaired) electrons. The fourth-order valence-corrected chi connectivity index (χ4v) is 1.15. The van der Waals surface area contributed by atoms with E-state index in [0.717, 1.165) is 5.06 Å². The van der Waals surface area contributed by atoms with Gasteiger partial charge in [0.25, 0.3) is 0 Å². The van der Waals surface area contributed by atoms with Gasteiger partial charge in [0, 0.05) is 0 Å². The molecule has 0 unspecified atom stereocenters. The number of nitrogens with one attached hydrogen (secondary N) is 1. The number of rotatable bonds is 6. The summed E-state index contributed by atoms with van der Waals surface area (Å²) in [5, 5.41) is 17.0. The van der Waals surface area contributed by atoms with Crippen LogP contribution in [0.1, 0.15) is 40.0 Å². The molecule has 0 aromatic heterocycles. The Labute approximate surface area is 119 Å². The lowest BCUT2D eigenvalue weighted by atomic mass is 10.1. The lowest BCUT2D eigenvalue weighted by Crippen LogP contribution is -2.33. The Bertz CT molecular complexity index is 309. The zero-order chi connectivity index (χ0) is 16.1. The Morgan fingerprint density at radius 3 is 2.30 bits per heavy atom. The molecule has 0 saturated heterocycles. The quantitative estimate of drug-likeness (QED) is 0.223. The second kappa shape index (κ2) is 12.2. The fraction of sp³-hybridized carbons (Fsp3) is 0.750. The number of hydrogen-bond donors (Lipinski definition) is 3. The molecular weight excluding hydrogens is 266 g/mol. The van der Waals surface area contributed by atoms with Gasteiger partial charge in [-0.15, -0.1) is 0 Å². The summed E-state index contributed by atoms with van der Waals surface area (Å²) in [7, 11) is 1.17. The van der Waals surface area contributed by atoms with Crippen molar-refractivity contribution in [3.05, 3.63) is 0 Å². The minimum Gasteiger partial charge on any atom is -0.480 e. The number of carboxylic acids is 1. The Morgan fingerprint density at radius 1 is 1.35 bits per heavy atom. The number of hydrogen-bond acceptors (Lipinski definition) is 6. The van der Waals surface area contributed by atoms with E-state index in [0.29, 0.717) is 19.3 Å². The summed E-state index contributed by atoms with van der Waals surface area (Å²) in [6, 6.07) is -0.888. The van der Waals surface area contributed by atoms with Gasteiger partial charge in [-0.1, -0.05) is 13.8 Å². The van der Waals surface area contributed by atoms with E-state index in [1.165, 1.54) is 14.0 Å². The summed E-state index contributed by atoms with van der Waals surface area (Å²) < 4.78 is 4.31. The minimum absolute atomic E-state index is 0.0583. The van der Waals surface area contributed by atoms with Gasteiger partial charge in [-0.2, -0.15) is 5.06 Å². The molecular formula is C12H25N3O5. The summed E-state index contributed by atoms with van der Waals surface area (Å²) in [4.78, 5) is 26.1. The van der Waals surface area contributed by atoms with Crippen LogP contribution in [0.5, 0.6) is 0 Å². The van der Waals surface area contributed by atoms with Crippen molar-refractivity contribution in [2.24, 2.45) is 5.73 Å². The molecule has 0 bridgehead atoms. The van der Waals surface area contributed by atoms with Crippen molar-refractivity contribution in [2.45, 2.75) is 46.1 Å². The van der Waals surface area contributed by atoms with Crippen molar-refractivity contribution in [2.75, 3.05) is 13.7 Å². The van der Waals surface area contributed by atoms with E-state index < -0.39 is 18.2 Å². The summed E-state index contributed by atoms with van der Waals surface area (Å²) in [6.45, 7) is 5.75. The third kappa shape index (κ3) is 10.1. The molecule has 0 spiro atoms. The first kappa shape index (κ1) is 20.5. The number of nitrogens with two attached hydrogens (primary N) is 1. The smallest absolute Gasteiger partial charge is 0.480 e. The summed E-state index contributed by atoms with van der Waals surface area (Å²) in [6.07, 6.45) is 0.540. The number of carbonyl (C=O) groups excluding carboxylic acids is 1. The molecule has 0 rings (SSSR count). The van der Waals surface area contributed by atoms with E-state index in [9.17, 15) is 9.59 Å². The third-order valence-corrected chi connectivity index (χ3v) is 2.17. The van der Waals surface area contributed by atoms with Gasteiger partial charge in [0.15, 0.2) is 0 Å². The van der Waals surface area contributed by atoms with Gasteiger partial charge >= 0.3 is 12.1 Å². The molecule has 8 nitrogen and oxygen atoms in total. The number of ether oxygens (including phenoxy) is 1. The lowest BCUT2D eigenvalue weighted by Gasteiger charge is -2.20.